The maximum absolute atomic E-state index is 12.9. The van der Waals surface area contributed by atoms with Gasteiger partial charge < -0.3 is 20.8 Å². The van der Waals surface area contributed by atoms with E-state index in [9.17, 15) is 9.90 Å². The third kappa shape index (κ3) is 4.89. The number of aromatic amines is 1. The Kier molecular flexibility index (Phi) is 6.16. The number of anilines is 1. The van der Waals surface area contributed by atoms with E-state index in [-0.39, 0.29) is 11.5 Å². The molecule has 0 saturated heterocycles. The van der Waals surface area contributed by atoms with Crippen molar-refractivity contribution < 1.29 is 9.90 Å². The number of nitrogens with zero attached hydrogens (tertiary/aromatic N) is 3. The Hall–Kier alpha value is -3.70. The smallest absolute Gasteiger partial charge is 0.272 e. The van der Waals surface area contributed by atoms with E-state index in [1.54, 1.807) is 26.0 Å². The van der Waals surface area contributed by atoms with E-state index in [0.29, 0.717) is 28.7 Å². The van der Waals surface area contributed by atoms with E-state index in [0.717, 1.165) is 30.0 Å². The van der Waals surface area contributed by atoms with Crippen LogP contribution in [0.1, 0.15) is 73.7 Å². The third-order valence-corrected chi connectivity index (χ3v) is 6.07. The highest BCUT2D eigenvalue weighted by atomic mass is 16.3. The zero-order valence-electron chi connectivity index (χ0n) is 18.9. The van der Waals surface area contributed by atoms with Gasteiger partial charge >= 0.3 is 0 Å². The summed E-state index contributed by atoms with van der Waals surface area (Å²) in [5, 5.41) is 35.6. The lowest BCUT2D eigenvalue weighted by atomic mass is 9.95. The Labute approximate surface area is 192 Å². The Balaban J connectivity index is 1.65. The number of benzene rings is 1. The molecule has 170 valence electrons. The predicted octanol–water partition coefficient (Wildman–Crippen LogP) is 4.91. The minimum Gasteiger partial charge on any atom is -0.386 e. The van der Waals surface area contributed by atoms with Crippen molar-refractivity contribution in [3.05, 3.63) is 53.0 Å². The molecule has 8 heteroatoms. The fourth-order valence-electron chi connectivity index (χ4n) is 4.32. The van der Waals surface area contributed by atoms with Crippen LogP contribution >= 0.6 is 0 Å². The summed E-state index contributed by atoms with van der Waals surface area (Å²) in [6.07, 6.45) is 10.4. The van der Waals surface area contributed by atoms with Gasteiger partial charge in [-0.25, -0.2) is 0 Å². The zero-order chi connectivity index (χ0) is 23.6. The molecule has 1 saturated carbocycles. The molecule has 1 aromatic carbocycles. The van der Waals surface area contributed by atoms with Gasteiger partial charge in [-0.3, -0.25) is 9.48 Å². The van der Waals surface area contributed by atoms with Gasteiger partial charge in [0.15, 0.2) is 0 Å². The van der Waals surface area contributed by atoms with Crippen LogP contribution in [-0.4, -0.2) is 32.0 Å². The summed E-state index contributed by atoms with van der Waals surface area (Å²) in [6.45, 7) is 3.36. The molecule has 2 heterocycles. The van der Waals surface area contributed by atoms with Crippen LogP contribution in [0.2, 0.25) is 0 Å². The van der Waals surface area contributed by atoms with Crippen LogP contribution in [0.3, 0.4) is 0 Å². The molecule has 33 heavy (non-hydrogen) atoms. The van der Waals surface area contributed by atoms with Crippen LogP contribution in [0.5, 0.6) is 0 Å². The first-order valence-corrected chi connectivity index (χ1v) is 11.2. The van der Waals surface area contributed by atoms with Crippen molar-refractivity contribution in [3.63, 3.8) is 0 Å². The Morgan fingerprint density at radius 2 is 2.09 bits per heavy atom. The van der Waals surface area contributed by atoms with Gasteiger partial charge in [0.1, 0.15) is 11.8 Å². The Bertz CT molecular complexity index is 1260. The summed E-state index contributed by atoms with van der Waals surface area (Å²) in [6, 6.07) is 9.28. The van der Waals surface area contributed by atoms with Crippen molar-refractivity contribution in [2.45, 2.75) is 57.6 Å². The largest absolute Gasteiger partial charge is 0.386 e. The van der Waals surface area contributed by atoms with Gasteiger partial charge in [0, 0.05) is 34.7 Å². The number of allylic oxidation sites excluding steroid dienone is 1. The highest BCUT2D eigenvalue weighted by Gasteiger charge is 2.24. The van der Waals surface area contributed by atoms with Crippen molar-refractivity contribution in [1.29, 1.82) is 10.7 Å². The number of carbonyl (C=O) groups excluding carboxylic acids is 1. The molecular weight excluding hydrogens is 416 g/mol. The molecule has 1 fully saturated rings. The number of aromatic nitrogens is 3. The lowest BCUT2D eigenvalue weighted by Crippen LogP contribution is -2.21. The van der Waals surface area contributed by atoms with E-state index in [2.05, 4.69) is 10.3 Å². The number of nitrogens with one attached hydrogen (secondary N) is 3. The molecule has 0 radical (unpaired) electrons. The monoisotopic (exact) mass is 444 g/mol. The van der Waals surface area contributed by atoms with Gasteiger partial charge in [-0.15, -0.1) is 0 Å². The van der Waals surface area contributed by atoms with Crippen LogP contribution < -0.4 is 5.32 Å². The molecular formula is C25H28N6O2. The van der Waals surface area contributed by atoms with Gasteiger partial charge in [-0.1, -0.05) is 19.3 Å². The summed E-state index contributed by atoms with van der Waals surface area (Å²) in [5.41, 5.74) is 1.75. The van der Waals surface area contributed by atoms with E-state index < -0.39 is 5.60 Å². The highest BCUT2D eigenvalue weighted by Crippen LogP contribution is 2.34. The fourth-order valence-corrected chi connectivity index (χ4v) is 4.32. The van der Waals surface area contributed by atoms with Crippen LogP contribution in [0.4, 0.5) is 5.69 Å². The fraction of sp³-hybridized carbons (Fsp3) is 0.360. The minimum absolute atomic E-state index is 0.175. The maximum atomic E-state index is 12.9. The van der Waals surface area contributed by atoms with Crippen LogP contribution in [0, 0.1) is 16.7 Å². The number of amides is 1. The molecule has 0 spiro atoms. The summed E-state index contributed by atoms with van der Waals surface area (Å²) >= 11 is 0. The molecule has 1 aliphatic carbocycles. The van der Waals surface area contributed by atoms with Crippen LogP contribution in [0.25, 0.3) is 17.0 Å². The average Bonchev–Trinajstić information content (AvgIpc) is 3.43. The normalized spacial score (nSPS) is 15.4. The summed E-state index contributed by atoms with van der Waals surface area (Å²) in [4.78, 5) is 15.9. The second-order valence-electron chi connectivity index (χ2n) is 9.05. The molecule has 2 aromatic heterocycles. The lowest BCUT2D eigenvalue weighted by molar-refractivity contribution is 0.0793. The van der Waals surface area contributed by atoms with Crippen molar-refractivity contribution >= 4 is 34.8 Å². The first-order chi connectivity index (χ1) is 15.8. The number of carbonyl (C=O) groups is 1. The molecule has 0 atom stereocenters. The number of hydrogen-bond acceptors (Lipinski definition) is 5. The summed E-state index contributed by atoms with van der Waals surface area (Å²) in [5.74, 6) is -0.368. The average molecular weight is 445 g/mol. The Morgan fingerprint density at radius 1 is 1.33 bits per heavy atom. The van der Waals surface area contributed by atoms with Crippen molar-refractivity contribution in [3.8, 4) is 6.07 Å². The van der Waals surface area contributed by atoms with Gasteiger partial charge in [-0.05, 0) is 57.0 Å². The van der Waals surface area contributed by atoms with E-state index in [1.165, 1.54) is 25.3 Å². The standard InChI is InChI=1S/C25H28N6O2/c1-25(2,33)20-12-22-17(15-31(30-22)19-6-4-3-5-7-19)11-23(20)29-24(32)21-9-8-18(28-21)10-16(13-26)14-27/h8-13,15,19,26,28,33H,3-7H2,1-2H3,(H,29,32)/b16-10+,26-13?. The molecule has 8 nitrogen and oxygen atoms in total. The van der Waals surface area contributed by atoms with E-state index in [1.807, 2.05) is 29.1 Å². The van der Waals surface area contributed by atoms with Gasteiger partial charge in [-0.2, -0.15) is 10.4 Å². The highest BCUT2D eigenvalue weighted by molar-refractivity contribution is 6.05. The van der Waals surface area contributed by atoms with Crippen LogP contribution in [0.15, 0.2) is 36.0 Å². The molecule has 0 unspecified atom stereocenters. The topological polar surface area (TPSA) is 131 Å². The number of fused-ring (bicyclic) bond motifs is 1. The summed E-state index contributed by atoms with van der Waals surface area (Å²) < 4.78 is 2.03. The van der Waals surface area contributed by atoms with Crippen molar-refractivity contribution in [2.24, 2.45) is 0 Å². The summed E-state index contributed by atoms with van der Waals surface area (Å²) in [7, 11) is 0. The zero-order valence-corrected chi connectivity index (χ0v) is 18.9. The number of rotatable bonds is 6. The number of H-pyrrole nitrogens is 1. The predicted molar refractivity (Wildman–Crippen MR) is 128 cm³/mol. The molecule has 0 bridgehead atoms. The second kappa shape index (κ2) is 9.04. The molecule has 4 rings (SSSR count). The first-order valence-electron chi connectivity index (χ1n) is 11.2. The second-order valence-corrected chi connectivity index (χ2v) is 9.05. The SMILES string of the molecule is CC(C)(O)c1cc2nn(C3CCCCC3)cc2cc1NC(=O)c1ccc(/C=C(/C#N)C=N)[nH]1. The molecule has 4 N–H and O–H groups in total. The van der Waals surface area contributed by atoms with Gasteiger partial charge in [0.25, 0.3) is 5.91 Å². The minimum atomic E-state index is -1.18. The van der Waals surface area contributed by atoms with Crippen molar-refractivity contribution in [2.75, 3.05) is 5.32 Å². The first kappa shape index (κ1) is 22.5. The molecule has 1 aliphatic rings. The Morgan fingerprint density at radius 3 is 2.76 bits per heavy atom. The van der Waals surface area contributed by atoms with Gasteiger partial charge in [0.05, 0.1) is 22.7 Å². The third-order valence-electron chi connectivity index (χ3n) is 6.07. The van der Waals surface area contributed by atoms with Crippen molar-refractivity contribution in [1.82, 2.24) is 14.8 Å². The maximum Gasteiger partial charge on any atom is 0.272 e. The lowest BCUT2D eigenvalue weighted by Gasteiger charge is -2.22. The number of aliphatic hydroxyl groups is 1. The van der Waals surface area contributed by atoms with Crippen LogP contribution in [-0.2, 0) is 5.60 Å². The van der Waals surface area contributed by atoms with E-state index in [4.69, 9.17) is 15.8 Å². The molecule has 1 amide bonds. The molecule has 3 aromatic rings. The number of nitriles is 1. The van der Waals surface area contributed by atoms with E-state index >= 15 is 0 Å². The van der Waals surface area contributed by atoms with Gasteiger partial charge in [0.2, 0.25) is 0 Å². The number of hydrogen-bond donors (Lipinski definition) is 4. The quantitative estimate of drug-likeness (QED) is 0.318. The molecule has 0 aliphatic heterocycles.